The van der Waals surface area contributed by atoms with Crippen molar-refractivity contribution in [2.24, 2.45) is 0 Å². The van der Waals surface area contributed by atoms with Gasteiger partial charge in [0.05, 0.1) is 16.6 Å². The molecule has 0 spiro atoms. The predicted molar refractivity (Wildman–Crippen MR) is 72.2 cm³/mol. The number of aliphatic hydroxyl groups is 1. The Hall–Kier alpha value is -1.44. The quantitative estimate of drug-likeness (QED) is 0.853. The zero-order valence-electron chi connectivity index (χ0n) is 11.1. The number of carboxylic acid groups (broad SMARTS) is 1. The van der Waals surface area contributed by atoms with Gasteiger partial charge >= 0.3 is 5.97 Å². The van der Waals surface area contributed by atoms with E-state index in [1.54, 1.807) is 0 Å². The molecule has 2 rings (SSSR count). The summed E-state index contributed by atoms with van der Waals surface area (Å²) in [6, 6.07) is 4.13. The average Bonchev–Trinajstić information content (AvgIpc) is 2.85. The smallest absolute Gasteiger partial charge is 0.335 e. The maximum absolute atomic E-state index is 12.6. The molecule has 0 aromatic heterocycles. The highest BCUT2D eigenvalue weighted by Gasteiger charge is 2.33. The molecular formula is C13H17NO5S. The van der Waals surface area contributed by atoms with E-state index in [1.165, 1.54) is 22.5 Å². The number of nitrogens with zero attached hydrogens (tertiary/aromatic N) is 1. The van der Waals surface area contributed by atoms with E-state index in [2.05, 4.69) is 0 Å². The molecule has 1 aliphatic heterocycles. The summed E-state index contributed by atoms with van der Waals surface area (Å²) < 4.78 is 26.3. The number of aromatic carboxylic acids is 1. The summed E-state index contributed by atoms with van der Waals surface area (Å²) in [6.45, 7) is 2.13. The van der Waals surface area contributed by atoms with Gasteiger partial charge in [0.15, 0.2) is 0 Å². The van der Waals surface area contributed by atoms with Gasteiger partial charge in [-0.15, -0.1) is 0 Å². The van der Waals surface area contributed by atoms with Crippen LogP contribution in [0.4, 0.5) is 0 Å². The minimum atomic E-state index is -3.76. The van der Waals surface area contributed by atoms with Crippen LogP contribution in [0.2, 0.25) is 0 Å². The van der Waals surface area contributed by atoms with Gasteiger partial charge in [-0.3, -0.25) is 0 Å². The van der Waals surface area contributed by atoms with Crippen LogP contribution >= 0.6 is 0 Å². The Bertz CT molecular complexity index is 626. The van der Waals surface area contributed by atoms with Gasteiger partial charge in [-0.1, -0.05) is 13.0 Å². The molecule has 2 N–H and O–H groups in total. The molecule has 0 saturated carbocycles. The first kappa shape index (κ1) is 15.0. The number of rotatable bonds is 4. The number of benzene rings is 1. The number of carbonyl (C=O) groups is 1. The second-order valence-electron chi connectivity index (χ2n) is 4.79. The molecule has 1 aromatic rings. The van der Waals surface area contributed by atoms with Crippen LogP contribution in [-0.4, -0.2) is 48.1 Å². The van der Waals surface area contributed by atoms with E-state index >= 15 is 0 Å². The Morgan fingerprint density at radius 1 is 1.45 bits per heavy atom. The van der Waals surface area contributed by atoms with Crippen LogP contribution < -0.4 is 0 Å². The lowest BCUT2D eigenvalue weighted by Crippen LogP contribution is -2.30. The van der Waals surface area contributed by atoms with Gasteiger partial charge in [-0.25, -0.2) is 13.2 Å². The molecule has 1 aromatic carbocycles. The summed E-state index contributed by atoms with van der Waals surface area (Å²) >= 11 is 0. The standard InChI is InChI=1S/C13H17NO5S/c1-2-9-3-4-10(13(16)17)7-12(9)20(18,19)14-6-5-11(15)8-14/h3-4,7,11,15H,2,5-6,8H2,1H3,(H,16,17)/t11-/m1/s1. The molecule has 0 aliphatic carbocycles. The molecule has 1 heterocycles. The second kappa shape index (κ2) is 5.51. The number of hydrogen-bond donors (Lipinski definition) is 2. The summed E-state index contributed by atoms with van der Waals surface area (Å²) in [4.78, 5) is 11.0. The van der Waals surface area contributed by atoms with Gasteiger partial charge in [0, 0.05) is 13.1 Å². The largest absolute Gasteiger partial charge is 0.478 e. The molecule has 1 fully saturated rings. The highest BCUT2D eigenvalue weighted by Crippen LogP contribution is 2.25. The van der Waals surface area contributed by atoms with E-state index < -0.39 is 22.1 Å². The van der Waals surface area contributed by atoms with E-state index in [1.807, 2.05) is 6.92 Å². The lowest BCUT2D eigenvalue weighted by molar-refractivity contribution is 0.0696. The fraction of sp³-hybridized carbons (Fsp3) is 0.462. The molecule has 1 aliphatic rings. The van der Waals surface area contributed by atoms with Crippen LogP contribution in [0, 0.1) is 0 Å². The molecule has 0 unspecified atom stereocenters. The Labute approximate surface area is 117 Å². The maximum Gasteiger partial charge on any atom is 0.335 e. The Morgan fingerprint density at radius 3 is 2.65 bits per heavy atom. The summed E-state index contributed by atoms with van der Waals surface area (Å²) in [6.07, 6.45) is 0.238. The van der Waals surface area contributed by atoms with Crippen molar-refractivity contribution in [1.29, 1.82) is 0 Å². The number of hydrogen-bond acceptors (Lipinski definition) is 4. The number of β-amino-alcohol motifs (C(OH)–C–C–N with tert-alkyl or cyclic N) is 1. The fourth-order valence-corrected chi connectivity index (χ4v) is 4.10. The van der Waals surface area contributed by atoms with Gasteiger partial charge in [0.25, 0.3) is 0 Å². The first-order valence-electron chi connectivity index (χ1n) is 6.40. The normalized spacial score (nSPS) is 20.2. The van der Waals surface area contributed by atoms with Crippen molar-refractivity contribution in [3.05, 3.63) is 29.3 Å². The zero-order valence-corrected chi connectivity index (χ0v) is 11.9. The lowest BCUT2D eigenvalue weighted by atomic mass is 10.1. The third-order valence-corrected chi connectivity index (χ3v) is 5.39. The minimum Gasteiger partial charge on any atom is -0.478 e. The van der Waals surface area contributed by atoms with Crippen LogP contribution in [0.25, 0.3) is 0 Å². The predicted octanol–water partition coefficient (Wildman–Crippen LogP) is 0.703. The van der Waals surface area contributed by atoms with Crippen molar-refractivity contribution in [3.63, 3.8) is 0 Å². The molecule has 0 amide bonds. The summed E-state index contributed by atoms with van der Waals surface area (Å²) in [5, 5.41) is 18.5. The topological polar surface area (TPSA) is 94.9 Å². The molecule has 6 nitrogen and oxygen atoms in total. The Morgan fingerprint density at radius 2 is 2.15 bits per heavy atom. The molecule has 7 heteroatoms. The van der Waals surface area contributed by atoms with Crippen molar-refractivity contribution in [3.8, 4) is 0 Å². The zero-order chi connectivity index (χ0) is 14.9. The number of aliphatic hydroxyl groups excluding tert-OH is 1. The van der Waals surface area contributed by atoms with Gasteiger partial charge in [-0.05, 0) is 30.5 Å². The third kappa shape index (κ3) is 2.70. The van der Waals surface area contributed by atoms with Crippen LogP contribution in [0.1, 0.15) is 29.3 Å². The molecule has 1 atom stereocenters. The van der Waals surface area contributed by atoms with E-state index in [0.29, 0.717) is 18.4 Å². The van der Waals surface area contributed by atoms with E-state index in [4.69, 9.17) is 5.11 Å². The Balaban J connectivity index is 2.49. The maximum atomic E-state index is 12.6. The summed E-state index contributed by atoms with van der Waals surface area (Å²) in [7, 11) is -3.76. The Kier molecular flexibility index (Phi) is 4.12. The fourth-order valence-electron chi connectivity index (χ4n) is 2.29. The monoisotopic (exact) mass is 299 g/mol. The number of sulfonamides is 1. The second-order valence-corrected chi connectivity index (χ2v) is 6.69. The van der Waals surface area contributed by atoms with Crippen LogP contribution in [0.5, 0.6) is 0 Å². The van der Waals surface area contributed by atoms with Crippen LogP contribution in [0.15, 0.2) is 23.1 Å². The molecule has 20 heavy (non-hydrogen) atoms. The minimum absolute atomic E-state index is 0.0222. The van der Waals surface area contributed by atoms with E-state index in [9.17, 15) is 18.3 Å². The van der Waals surface area contributed by atoms with Crippen molar-refractivity contribution < 1.29 is 23.4 Å². The SMILES string of the molecule is CCc1ccc(C(=O)O)cc1S(=O)(=O)N1CC[C@@H](O)C1. The van der Waals surface area contributed by atoms with Crippen molar-refractivity contribution >= 4 is 16.0 Å². The van der Waals surface area contributed by atoms with Gasteiger partial charge in [-0.2, -0.15) is 4.31 Å². The van der Waals surface area contributed by atoms with E-state index in [-0.39, 0.29) is 23.5 Å². The summed E-state index contributed by atoms with van der Waals surface area (Å²) in [5.74, 6) is -1.16. The third-order valence-electron chi connectivity index (χ3n) is 3.44. The highest BCUT2D eigenvalue weighted by molar-refractivity contribution is 7.89. The highest BCUT2D eigenvalue weighted by atomic mass is 32.2. The first-order chi connectivity index (χ1) is 9.36. The van der Waals surface area contributed by atoms with Crippen molar-refractivity contribution in [1.82, 2.24) is 4.31 Å². The van der Waals surface area contributed by atoms with Crippen LogP contribution in [0.3, 0.4) is 0 Å². The van der Waals surface area contributed by atoms with E-state index in [0.717, 1.165) is 0 Å². The van der Waals surface area contributed by atoms with Crippen molar-refractivity contribution in [2.75, 3.05) is 13.1 Å². The average molecular weight is 299 g/mol. The van der Waals surface area contributed by atoms with Crippen LogP contribution in [-0.2, 0) is 16.4 Å². The van der Waals surface area contributed by atoms with Crippen molar-refractivity contribution in [2.45, 2.75) is 30.8 Å². The van der Waals surface area contributed by atoms with Gasteiger partial charge in [0.1, 0.15) is 0 Å². The lowest BCUT2D eigenvalue weighted by Gasteiger charge is -2.18. The number of carboxylic acids is 1. The van der Waals surface area contributed by atoms with Gasteiger partial charge in [0.2, 0.25) is 10.0 Å². The molecule has 1 saturated heterocycles. The summed E-state index contributed by atoms with van der Waals surface area (Å²) in [5.41, 5.74) is 0.525. The van der Waals surface area contributed by atoms with Gasteiger partial charge < -0.3 is 10.2 Å². The molecule has 0 bridgehead atoms. The molecular weight excluding hydrogens is 282 g/mol. The molecule has 110 valence electrons. The number of aryl methyl sites for hydroxylation is 1. The molecule has 0 radical (unpaired) electrons. The first-order valence-corrected chi connectivity index (χ1v) is 7.84.